The van der Waals surface area contributed by atoms with E-state index in [0.717, 1.165) is 36.1 Å². The molecule has 2 amide bonds. The summed E-state index contributed by atoms with van der Waals surface area (Å²) in [5, 5.41) is 2.44. The van der Waals surface area contributed by atoms with Gasteiger partial charge in [-0.2, -0.15) is 0 Å². The summed E-state index contributed by atoms with van der Waals surface area (Å²) in [7, 11) is -1.73. The van der Waals surface area contributed by atoms with Crippen LogP contribution in [0, 0.1) is 0 Å². The maximum Gasteiger partial charge on any atom is 0.239 e. The molecule has 4 rings (SSSR count). The second-order valence-electron chi connectivity index (χ2n) is 10.9. The predicted octanol–water partition coefficient (Wildman–Crippen LogP) is 2.79. The molecule has 1 spiro atoms. The molecule has 0 bridgehead atoms. The van der Waals surface area contributed by atoms with E-state index in [1.54, 1.807) is 20.9 Å². The van der Waals surface area contributed by atoms with E-state index in [1.807, 2.05) is 53.4 Å². The number of nitrogens with zero attached hydrogens (tertiary/aromatic N) is 2. The third-order valence-corrected chi connectivity index (χ3v) is 8.58. The standard InChI is InChI=1S/C24H30N2O4S.C5H12N2O/c1-31(28,29)26-17-14-24(21-9-5-6-10-22(21)26)12-15-25(16-13-24)23(27)11-18-30-19-20-7-3-2-4-8-20;1-5(2,6)4(8)7-3/h2-10H,11-19H2,1H3;6H2,1-3H3,(H,7,8). The minimum Gasteiger partial charge on any atom is -0.376 e. The van der Waals surface area contributed by atoms with Crippen molar-refractivity contribution in [3.63, 3.8) is 0 Å². The number of rotatable bonds is 7. The van der Waals surface area contributed by atoms with Crippen molar-refractivity contribution in [3.05, 3.63) is 65.7 Å². The van der Waals surface area contributed by atoms with E-state index < -0.39 is 15.6 Å². The first kappa shape index (κ1) is 30.6. The molecular weight excluding hydrogens is 516 g/mol. The number of hydrogen-bond donors (Lipinski definition) is 2. The van der Waals surface area contributed by atoms with E-state index >= 15 is 0 Å². The summed E-state index contributed by atoms with van der Waals surface area (Å²) in [5.74, 6) is -0.0118. The zero-order chi connectivity index (χ0) is 28.7. The van der Waals surface area contributed by atoms with Crippen molar-refractivity contribution in [2.45, 2.75) is 57.1 Å². The topological polar surface area (TPSA) is 122 Å². The van der Waals surface area contributed by atoms with Gasteiger partial charge in [0.2, 0.25) is 21.8 Å². The second kappa shape index (κ2) is 12.9. The molecule has 2 aliphatic heterocycles. The van der Waals surface area contributed by atoms with E-state index in [4.69, 9.17) is 10.5 Å². The van der Waals surface area contributed by atoms with E-state index in [-0.39, 0.29) is 17.2 Å². The number of nitrogens with one attached hydrogen (secondary N) is 1. The van der Waals surface area contributed by atoms with Gasteiger partial charge in [-0.3, -0.25) is 13.9 Å². The van der Waals surface area contributed by atoms with Gasteiger partial charge in [0, 0.05) is 32.1 Å². The number of carbonyl (C=O) groups is 2. The third-order valence-electron chi connectivity index (χ3n) is 7.40. The predicted molar refractivity (Wildman–Crippen MR) is 154 cm³/mol. The SMILES string of the molecule is CNC(=O)C(C)(C)N.CS(=O)(=O)N1CCC2(CCN(C(=O)CCOCc3ccccc3)CC2)c2ccccc21. The van der Waals surface area contributed by atoms with Crippen LogP contribution in [0.25, 0.3) is 0 Å². The highest BCUT2D eigenvalue weighted by molar-refractivity contribution is 7.92. The van der Waals surface area contributed by atoms with Crippen LogP contribution in [0.2, 0.25) is 0 Å². The fourth-order valence-corrected chi connectivity index (χ4v) is 6.10. The average Bonchev–Trinajstić information content (AvgIpc) is 2.91. The minimum atomic E-state index is -3.30. The second-order valence-corrected chi connectivity index (χ2v) is 12.8. The molecule has 0 aromatic heterocycles. The zero-order valence-electron chi connectivity index (χ0n) is 23.5. The highest BCUT2D eigenvalue weighted by Gasteiger charge is 2.43. The van der Waals surface area contributed by atoms with Crippen molar-refractivity contribution in [2.75, 3.05) is 43.8 Å². The number of anilines is 1. The van der Waals surface area contributed by atoms with Crippen molar-refractivity contribution >= 4 is 27.5 Å². The molecule has 39 heavy (non-hydrogen) atoms. The number of sulfonamides is 1. The van der Waals surface area contributed by atoms with Crippen LogP contribution in [-0.2, 0) is 36.4 Å². The average molecular weight is 559 g/mol. The Bertz CT molecular complexity index is 1220. The molecule has 0 unspecified atom stereocenters. The molecule has 2 aromatic rings. The van der Waals surface area contributed by atoms with Gasteiger partial charge >= 0.3 is 0 Å². The van der Waals surface area contributed by atoms with Gasteiger partial charge in [-0.25, -0.2) is 8.42 Å². The van der Waals surface area contributed by atoms with Gasteiger partial charge in [0.1, 0.15) is 0 Å². The fourth-order valence-electron chi connectivity index (χ4n) is 5.16. The Morgan fingerprint density at radius 2 is 1.59 bits per heavy atom. The Labute approximate surface area is 232 Å². The molecule has 10 heteroatoms. The summed E-state index contributed by atoms with van der Waals surface area (Å²) in [6.07, 6.45) is 4.16. The molecule has 1 saturated heterocycles. The summed E-state index contributed by atoms with van der Waals surface area (Å²) in [6, 6.07) is 17.8. The number of benzene rings is 2. The molecule has 214 valence electrons. The Morgan fingerprint density at radius 1 is 1.00 bits per heavy atom. The van der Waals surface area contributed by atoms with E-state index in [2.05, 4.69) is 11.4 Å². The highest BCUT2D eigenvalue weighted by Crippen LogP contribution is 2.47. The van der Waals surface area contributed by atoms with Gasteiger partial charge in [-0.15, -0.1) is 0 Å². The first-order chi connectivity index (χ1) is 18.4. The number of fused-ring (bicyclic) bond motifs is 2. The van der Waals surface area contributed by atoms with Gasteiger partial charge in [0.05, 0.1) is 37.1 Å². The lowest BCUT2D eigenvalue weighted by atomic mass is 9.68. The lowest BCUT2D eigenvalue weighted by Gasteiger charge is -2.47. The molecule has 2 heterocycles. The highest BCUT2D eigenvalue weighted by atomic mass is 32.2. The van der Waals surface area contributed by atoms with E-state index in [0.29, 0.717) is 39.3 Å². The summed E-state index contributed by atoms with van der Waals surface area (Å²) in [5.41, 5.74) is 7.58. The number of ether oxygens (including phenoxy) is 1. The number of carbonyl (C=O) groups excluding carboxylic acids is 2. The number of amides is 2. The number of likely N-dealkylation sites (N-methyl/N-ethyl adjacent to an activating group) is 1. The Hall–Kier alpha value is -2.95. The Balaban J connectivity index is 0.000000459. The largest absolute Gasteiger partial charge is 0.376 e. The van der Waals surface area contributed by atoms with Crippen LogP contribution in [-0.4, -0.2) is 70.2 Å². The number of piperidine rings is 1. The number of likely N-dealkylation sites (tertiary alicyclic amines) is 1. The lowest BCUT2D eigenvalue weighted by molar-refractivity contribution is -0.134. The van der Waals surface area contributed by atoms with Gasteiger partial charge in [0.25, 0.3) is 0 Å². The molecule has 0 atom stereocenters. The first-order valence-corrected chi connectivity index (χ1v) is 15.2. The Kier molecular flexibility index (Phi) is 10.1. The van der Waals surface area contributed by atoms with Gasteiger partial charge < -0.3 is 20.7 Å². The maximum absolute atomic E-state index is 12.7. The van der Waals surface area contributed by atoms with Crippen molar-refractivity contribution < 1.29 is 22.7 Å². The lowest BCUT2D eigenvalue weighted by Crippen LogP contribution is -2.50. The van der Waals surface area contributed by atoms with Crippen LogP contribution in [0.4, 0.5) is 5.69 Å². The van der Waals surface area contributed by atoms with Crippen molar-refractivity contribution in [1.29, 1.82) is 0 Å². The molecule has 0 radical (unpaired) electrons. The monoisotopic (exact) mass is 558 g/mol. The zero-order valence-corrected chi connectivity index (χ0v) is 24.3. The van der Waals surface area contributed by atoms with Gasteiger partial charge in [-0.05, 0) is 50.3 Å². The fraction of sp³-hybridized carbons (Fsp3) is 0.517. The van der Waals surface area contributed by atoms with E-state index in [9.17, 15) is 18.0 Å². The molecule has 1 fully saturated rings. The van der Waals surface area contributed by atoms with Crippen molar-refractivity contribution in [1.82, 2.24) is 10.2 Å². The van der Waals surface area contributed by atoms with Crippen LogP contribution < -0.4 is 15.4 Å². The van der Waals surface area contributed by atoms with Gasteiger partial charge in [0.15, 0.2) is 0 Å². The maximum atomic E-state index is 12.7. The van der Waals surface area contributed by atoms with Crippen LogP contribution in [0.1, 0.15) is 50.7 Å². The van der Waals surface area contributed by atoms with E-state index in [1.165, 1.54) is 10.6 Å². The quantitative estimate of drug-likeness (QED) is 0.504. The van der Waals surface area contributed by atoms with Crippen LogP contribution in [0.5, 0.6) is 0 Å². The first-order valence-electron chi connectivity index (χ1n) is 13.4. The van der Waals surface area contributed by atoms with Crippen molar-refractivity contribution in [3.8, 4) is 0 Å². The minimum absolute atomic E-state index is 0.0572. The van der Waals surface area contributed by atoms with Crippen LogP contribution >= 0.6 is 0 Å². The molecule has 3 N–H and O–H groups in total. The summed E-state index contributed by atoms with van der Waals surface area (Å²) < 4.78 is 31.7. The normalized spacial score (nSPS) is 16.6. The Morgan fingerprint density at radius 3 is 2.15 bits per heavy atom. The molecule has 9 nitrogen and oxygen atoms in total. The van der Waals surface area contributed by atoms with Gasteiger partial charge in [-0.1, -0.05) is 48.5 Å². The third kappa shape index (κ3) is 8.03. The molecule has 0 aliphatic carbocycles. The molecular formula is C29H42N4O5S. The molecule has 2 aliphatic rings. The molecule has 0 saturated carbocycles. The van der Waals surface area contributed by atoms with Crippen LogP contribution in [0.15, 0.2) is 54.6 Å². The van der Waals surface area contributed by atoms with Crippen molar-refractivity contribution in [2.24, 2.45) is 5.73 Å². The van der Waals surface area contributed by atoms with Crippen LogP contribution in [0.3, 0.4) is 0 Å². The molecule has 2 aromatic carbocycles. The summed E-state index contributed by atoms with van der Waals surface area (Å²) in [6.45, 7) is 6.15. The number of hydrogen-bond acceptors (Lipinski definition) is 6. The smallest absolute Gasteiger partial charge is 0.239 e. The number of para-hydroxylation sites is 1. The number of nitrogens with two attached hydrogens (primary N) is 1. The summed E-state index contributed by atoms with van der Waals surface area (Å²) >= 11 is 0. The summed E-state index contributed by atoms with van der Waals surface area (Å²) in [4.78, 5) is 25.2.